The number of ether oxygens (including phenoxy) is 1. The first-order valence-electron chi connectivity index (χ1n) is 6.36. The van der Waals surface area contributed by atoms with Crippen molar-refractivity contribution >= 4 is 23.4 Å². The van der Waals surface area contributed by atoms with Gasteiger partial charge >= 0.3 is 0 Å². The molecule has 0 fully saturated rings. The molecule has 0 amide bonds. The molecule has 0 spiro atoms. The van der Waals surface area contributed by atoms with E-state index >= 15 is 0 Å². The molecule has 0 aliphatic carbocycles. The Morgan fingerprint density at radius 3 is 2.67 bits per heavy atom. The van der Waals surface area contributed by atoms with Crippen molar-refractivity contribution in [3.05, 3.63) is 29.3 Å². The van der Waals surface area contributed by atoms with E-state index < -0.39 is 6.10 Å². The quantitative estimate of drug-likeness (QED) is 0.697. The Morgan fingerprint density at radius 1 is 1.28 bits per heavy atom. The number of aliphatic hydroxyl groups excluding tert-OH is 1. The normalized spacial score (nSPS) is 12.4. The van der Waals surface area contributed by atoms with Gasteiger partial charge in [-0.3, -0.25) is 0 Å². The summed E-state index contributed by atoms with van der Waals surface area (Å²) in [5, 5.41) is 10.4. The first-order chi connectivity index (χ1) is 8.72. The predicted molar refractivity (Wildman–Crippen MR) is 79.8 cm³/mol. The smallest absolute Gasteiger partial charge is 0.119 e. The Morgan fingerprint density at radius 2 is 2.00 bits per heavy atom. The summed E-state index contributed by atoms with van der Waals surface area (Å²) in [5.41, 5.74) is 0. The predicted octanol–water partition coefficient (Wildman–Crippen LogP) is 4.00. The average molecular weight is 289 g/mol. The zero-order valence-electron chi connectivity index (χ0n) is 10.8. The molecule has 0 aliphatic heterocycles. The molecule has 0 aliphatic rings. The highest BCUT2D eigenvalue weighted by atomic mass is 35.5. The summed E-state index contributed by atoms with van der Waals surface area (Å²) in [6.45, 7) is 2.53. The van der Waals surface area contributed by atoms with E-state index in [-0.39, 0.29) is 0 Å². The molecule has 0 bridgehead atoms. The Labute approximate surface area is 119 Å². The highest BCUT2D eigenvalue weighted by Crippen LogP contribution is 2.16. The topological polar surface area (TPSA) is 29.5 Å². The number of unbranched alkanes of at least 4 members (excludes halogenated alkanes) is 2. The molecule has 4 heteroatoms. The SMILES string of the molecule is CCCCCSCC(O)COc1ccc(Cl)cc1. The molecule has 1 aromatic rings. The van der Waals surface area contributed by atoms with Crippen molar-refractivity contribution < 1.29 is 9.84 Å². The number of halogens is 1. The summed E-state index contributed by atoms with van der Waals surface area (Å²) in [6, 6.07) is 7.18. The molecule has 1 aromatic carbocycles. The second-order valence-corrected chi connectivity index (χ2v) is 5.79. The van der Waals surface area contributed by atoms with Gasteiger partial charge in [-0.25, -0.2) is 0 Å². The Bertz CT molecular complexity index is 316. The van der Waals surface area contributed by atoms with Crippen LogP contribution in [0.25, 0.3) is 0 Å². The Balaban J connectivity index is 2.09. The van der Waals surface area contributed by atoms with Crippen molar-refractivity contribution in [3.63, 3.8) is 0 Å². The highest BCUT2D eigenvalue weighted by molar-refractivity contribution is 7.99. The van der Waals surface area contributed by atoms with E-state index in [1.54, 1.807) is 23.9 Å². The molecular formula is C14H21ClO2S. The molecule has 1 atom stereocenters. The van der Waals surface area contributed by atoms with Crippen LogP contribution in [-0.2, 0) is 0 Å². The van der Waals surface area contributed by atoms with E-state index in [4.69, 9.17) is 16.3 Å². The lowest BCUT2D eigenvalue weighted by Crippen LogP contribution is -2.20. The molecule has 1 rings (SSSR count). The Kier molecular flexibility index (Phi) is 8.31. The summed E-state index contributed by atoms with van der Waals surface area (Å²) < 4.78 is 5.48. The number of rotatable bonds is 9. The fraction of sp³-hybridized carbons (Fsp3) is 0.571. The summed E-state index contributed by atoms with van der Waals surface area (Å²) in [4.78, 5) is 0. The van der Waals surface area contributed by atoms with E-state index in [2.05, 4.69) is 6.92 Å². The number of hydrogen-bond acceptors (Lipinski definition) is 3. The minimum atomic E-state index is -0.410. The van der Waals surface area contributed by atoms with E-state index in [0.29, 0.717) is 11.6 Å². The van der Waals surface area contributed by atoms with Crippen molar-refractivity contribution in [2.24, 2.45) is 0 Å². The minimum absolute atomic E-state index is 0.336. The largest absolute Gasteiger partial charge is 0.491 e. The summed E-state index contributed by atoms with van der Waals surface area (Å²) in [5.74, 6) is 2.60. The standard InChI is InChI=1S/C14H21ClO2S/c1-2-3-4-9-18-11-13(16)10-17-14-7-5-12(15)6-8-14/h5-8,13,16H,2-4,9-11H2,1H3. The van der Waals surface area contributed by atoms with Crippen molar-refractivity contribution in [1.29, 1.82) is 0 Å². The molecule has 1 unspecified atom stereocenters. The van der Waals surface area contributed by atoms with Crippen LogP contribution in [0.3, 0.4) is 0 Å². The van der Waals surface area contributed by atoms with Gasteiger partial charge in [0, 0.05) is 10.8 Å². The molecule has 2 nitrogen and oxygen atoms in total. The fourth-order valence-electron chi connectivity index (χ4n) is 1.44. The molecule has 0 saturated heterocycles. The lowest BCUT2D eigenvalue weighted by Gasteiger charge is -2.12. The number of thioether (sulfide) groups is 1. The van der Waals surface area contributed by atoms with E-state index in [1.807, 2.05) is 12.1 Å². The van der Waals surface area contributed by atoms with Gasteiger partial charge in [0.1, 0.15) is 12.4 Å². The van der Waals surface area contributed by atoms with E-state index in [1.165, 1.54) is 19.3 Å². The number of hydrogen-bond donors (Lipinski definition) is 1. The maximum Gasteiger partial charge on any atom is 0.119 e. The molecule has 0 radical (unpaired) electrons. The van der Waals surface area contributed by atoms with Gasteiger partial charge < -0.3 is 9.84 Å². The van der Waals surface area contributed by atoms with Gasteiger partial charge in [-0.15, -0.1) is 0 Å². The van der Waals surface area contributed by atoms with Gasteiger partial charge in [-0.2, -0.15) is 11.8 Å². The molecule has 0 heterocycles. The Hall–Kier alpha value is -0.380. The van der Waals surface area contributed by atoms with Gasteiger partial charge in [-0.1, -0.05) is 31.4 Å². The van der Waals surface area contributed by atoms with Crippen LogP contribution in [0.15, 0.2) is 24.3 Å². The molecule has 0 aromatic heterocycles. The van der Waals surface area contributed by atoms with E-state index in [0.717, 1.165) is 17.3 Å². The average Bonchev–Trinajstić information content (AvgIpc) is 2.38. The zero-order chi connectivity index (χ0) is 13.2. The molecular weight excluding hydrogens is 268 g/mol. The highest BCUT2D eigenvalue weighted by Gasteiger charge is 2.05. The molecule has 102 valence electrons. The van der Waals surface area contributed by atoms with Crippen molar-refractivity contribution in [1.82, 2.24) is 0 Å². The van der Waals surface area contributed by atoms with Crippen LogP contribution in [0.4, 0.5) is 0 Å². The maximum absolute atomic E-state index is 9.75. The number of aliphatic hydroxyl groups is 1. The van der Waals surface area contributed by atoms with Crippen LogP contribution < -0.4 is 4.74 Å². The lowest BCUT2D eigenvalue weighted by molar-refractivity contribution is 0.126. The van der Waals surface area contributed by atoms with Gasteiger partial charge in [-0.05, 0) is 36.4 Å². The van der Waals surface area contributed by atoms with Gasteiger partial charge in [0.15, 0.2) is 0 Å². The van der Waals surface area contributed by atoms with Gasteiger partial charge in [0.05, 0.1) is 6.10 Å². The van der Waals surface area contributed by atoms with Crippen molar-refractivity contribution in [2.75, 3.05) is 18.1 Å². The summed E-state index contributed by atoms with van der Waals surface area (Å²) >= 11 is 7.56. The van der Waals surface area contributed by atoms with Gasteiger partial charge in [0.25, 0.3) is 0 Å². The monoisotopic (exact) mass is 288 g/mol. The maximum atomic E-state index is 9.75. The second-order valence-electron chi connectivity index (χ2n) is 4.20. The third-order valence-corrected chi connectivity index (χ3v) is 3.91. The molecule has 18 heavy (non-hydrogen) atoms. The minimum Gasteiger partial charge on any atom is -0.491 e. The van der Waals surface area contributed by atoms with Crippen molar-refractivity contribution in [2.45, 2.75) is 32.3 Å². The van der Waals surface area contributed by atoms with E-state index in [9.17, 15) is 5.11 Å². The summed E-state index contributed by atoms with van der Waals surface area (Å²) in [6.07, 6.45) is 3.33. The zero-order valence-corrected chi connectivity index (χ0v) is 12.3. The van der Waals surface area contributed by atoms with Gasteiger partial charge in [0.2, 0.25) is 0 Å². The van der Waals surface area contributed by atoms with Crippen LogP contribution in [0, 0.1) is 0 Å². The van der Waals surface area contributed by atoms with Crippen LogP contribution in [0.2, 0.25) is 5.02 Å². The number of benzene rings is 1. The molecule has 0 saturated carbocycles. The fourth-order valence-corrected chi connectivity index (χ4v) is 2.51. The molecule has 1 N–H and O–H groups in total. The second kappa shape index (κ2) is 9.54. The third kappa shape index (κ3) is 7.14. The first kappa shape index (κ1) is 15.7. The van der Waals surface area contributed by atoms with Crippen LogP contribution >= 0.6 is 23.4 Å². The lowest BCUT2D eigenvalue weighted by atomic mass is 10.3. The summed E-state index contributed by atoms with van der Waals surface area (Å²) in [7, 11) is 0. The van der Waals surface area contributed by atoms with Crippen LogP contribution in [0.1, 0.15) is 26.2 Å². The van der Waals surface area contributed by atoms with Crippen molar-refractivity contribution in [3.8, 4) is 5.75 Å². The van der Waals surface area contributed by atoms with Crippen LogP contribution in [-0.4, -0.2) is 29.3 Å². The van der Waals surface area contributed by atoms with Crippen LogP contribution in [0.5, 0.6) is 5.75 Å². The third-order valence-electron chi connectivity index (χ3n) is 2.46. The first-order valence-corrected chi connectivity index (χ1v) is 7.89.